The summed E-state index contributed by atoms with van der Waals surface area (Å²) in [4.78, 5) is 33.0. The van der Waals surface area contributed by atoms with Crippen molar-refractivity contribution in [2.24, 2.45) is 23.7 Å². The Kier molecular flexibility index (Phi) is 4.84. The van der Waals surface area contributed by atoms with E-state index in [1.54, 1.807) is 0 Å². The first-order chi connectivity index (χ1) is 14.6. The lowest BCUT2D eigenvalue weighted by molar-refractivity contribution is -0.152. The zero-order chi connectivity index (χ0) is 20.8. The quantitative estimate of drug-likeness (QED) is 0.566. The third kappa shape index (κ3) is 3.30. The number of carbonyl (C=O) groups is 2. The lowest BCUT2D eigenvalue weighted by Crippen LogP contribution is -2.37. The number of pyridine rings is 1. The van der Waals surface area contributed by atoms with Gasteiger partial charge in [-0.25, -0.2) is 0 Å². The highest BCUT2D eigenvalue weighted by Gasteiger charge is 2.46. The molecule has 0 N–H and O–H groups in total. The molecule has 5 rings (SSSR count). The van der Waals surface area contributed by atoms with Crippen LogP contribution in [-0.2, 0) is 9.53 Å². The van der Waals surface area contributed by atoms with Gasteiger partial charge in [-0.1, -0.05) is 37.3 Å². The van der Waals surface area contributed by atoms with E-state index in [1.807, 2.05) is 42.2 Å². The number of hydrogen-bond acceptors (Lipinski definition) is 4. The Bertz CT molecular complexity index is 1030. The van der Waals surface area contributed by atoms with Gasteiger partial charge >= 0.3 is 5.97 Å². The lowest BCUT2D eigenvalue weighted by atomic mass is 9.72. The highest BCUT2D eigenvalue weighted by molar-refractivity contribution is 6.06. The summed E-state index contributed by atoms with van der Waals surface area (Å²) in [5, 5.41) is 0.910. The molecular formula is C25H28N2O3. The monoisotopic (exact) mass is 404 g/mol. The van der Waals surface area contributed by atoms with Crippen LogP contribution in [0.2, 0.25) is 0 Å². The maximum atomic E-state index is 13.6. The molecule has 2 fully saturated rings. The van der Waals surface area contributed by atoms with Crippen molar-refractivity contribution in [3.8, 4) is 0 Å². The fourth-order valence-electron chi connectivity index (χ4n) is 5.19. The summed E-state index contributed by atoms with van der Waals surface area (Å²) in [6.45, 7) is 5.54. The minimum Gasteiger partial charge on any atom is -0.466 e. The molecule has 1 aliphatic heterocycles. The molecule has 5 heteroatoms. The number of hydrogen-bond donors (Lipinski definition) is 0. The zero-order valence-electron chi connectivity index (χ0n) is 17.6. The molecule has 5 nitrogen and oxygen atoms in total. The molecular weight excluding hydrogens is 376 g/mol. The fraction of sp³-hybridized carbons (Fsp3) is 0.480. The molecule has 1 aromatic carbocycles. The summed E-state index contributed by atoms with van der Waals surface area (Å²) in [6, 6.07) is 9.91. The Hall–Kier alpha value is -2.69. The predicted octanol–water partition coefficient (Wildman–Crippen LogP) is 4.19. The van der Waals surface area contributed by atoms with E-state index >= 15 is 0 Å². The number of ether oxygens (including phenoxy) is 1. The van der Waals surface area contributed by atoms with Gasteiger partial charge in [0.15, 0.2) is 0 Å². The smallest absolute Gasteiger partial charge is 0.309 e. The minimum absolute atomic E-state index is 0.0496. The Morgan fingerprint density at radius 1 is 1.17 bits per heavy atom. The van der Waals surface area contributed by atoms with Crippen molar-refractivity contribution in [3.63, 3.8) is 0 Å². The van der Waals surface area contributed by atoms with E-state index in [-0.39, 0.29) is 35.5 Å². The van der Waals surface area contributed by atoms with E-state index in [0.29, 0.717) is 25.6 Å². The molecule has 0 bridgehead atoms. The number of nitrogens with zero attached hydrogens (tertiary/aromatic N) is 2. The number of allylic oxidation sites excluding steroid dienone is 1. The summed E-state index contributed by atoms with van der Waals surface area (Å²) >= 11 is 0. The first-order valence-electron chi connectivity index (χ1n) is 11.1. The van der Waals surface area contributed by atoms with Crippen molar-refractivity contribution in [2.75, 3.05) is 19.7 Å². The Morgan fingerprint density at radius 3 is 2.73 bits per heavy atom. The second-order valence-electron chi connectivity index (χ2n) is 8.95. The summed E-state index contributed by atoms with van der Waals surface area (Å²) in [7, 11) is 0. The van der Waals surface area contributed by atoms with Crippen LogP contribution >= 0.6 is 0 Å². The predicted molar refractivity (Wildman–Crippen MR) is 115 cm³/mol. The van der Waals surface area contributed by atoms with Gasteiger partial charge in [-0.15, -0.1) is 0 Å². The average Bonchev–Trinajstić information content (AvgIpc) is 3.51. The topological polar surface area (TPSA) is 59.5 Å². The molecule has 3 aliphatic rings. The molecule has 2 heterocycles. The third-order valence-electron chi connectivity index (χ3n) is 6.91. The first-order valence-corrected chi connectivity index (χ1v) is 11.1. The van der Waals surface area contributed by atoms with Crippen molar-refractivity contribution in [2.45, 2.75) is 32.6 Å². The summed E-state index contributed by atoms with van der Waals surface area (Å²) < 4.78 is 5.36. The molecule has 156 valence electrons. The second kappa shape index (κ2) is 7.53. The largest absolute Gasteiger partial charge is 0.466 e. The number of aromatic nitrogens is 1. The normalized spacial score (nSPS) is 27.9. The molecule has 0 radical (unpaired) electrons. The van der Waals surface area contributed by atoms with Crippen LogP contribution in [0.4, 0.5) is 0 Å². The molecule has 1 aromatic heterocycles. The lowest BCUT2D eigenvalue weighted by Gasteiger charge is -2.31. The van der Waals surface area contributed by atoms with E-state index in [0.717, 1.165) is 35.0 Å². The van der Waals surface area contributed by atoms with E-state index in [4.69, 9.17) is 9.72 Å². The summed E-state index contributed by atoms with van der Waals surface area (Å²) in [6.07, 6.45) is 6.61. The Labute approximate surface area is 177 Å². The van der Waals surface area contributed by atoms with Gasteiger partial charge in [0.25, 0.3) is 5.91 Å². The van der Waals surface area contributed by atoms with Gasteiger partial charge < -0.3 is 9.64 Å². The van der Waals surface area contributed by atoms with Crippen molar-refractivity contribution in [1.29, 1.82) is 0 Å². The van der Waals surface area contributed by atoms with Crippen LogP contribution in [0.3, 0.4) is 0 Å². The van der Waals surface area contributed by atoms with Crippen molar-refractivity contribution in [1.82, 2.24) is 9.88 Å². The fourth-order valence-corrected chi connectivity index (χ4v) is 5.19. The molecule has 0 spiro atoms. The minimum atomic E-state index is -0.186. The van der Waals surface area contributed by atoms with Crippen LogP contribution in [0.1, 0.15) is 48.7 Å². The van der Waals surface area contributed by atoms with Crippen LogP contribution in [0.15, 0.2) is 42.5 Å². The van der Waals surface area contributed by atoms with Gasteiger partial charge in [-0.2, -0.15) is 0 Å². The number of amides is 1. The second-order valence-corrected chi connectivity index (χ2v) is 8.95. The van der Waals surface area contributed by atoms with Crippen LogP contribution in [-0.4, -0.2) is 41.5 Å². The summed E-state index contributed by atoms with van der Waals surface area (Å²) in [5.74, 6) is 0.661. The van der Waals surface area contributed by atoms with E-state index in [9.17, 15) is 9.59 Å². The molecule has 1 saturated carbocycles. The number of fused-ring (bicyclic) bond motifs is 2. The van der Waals surface area contributed by atoms with E-state index in [1.165, 1.54) is 0 Å². The number of carbonyl (C=O) groups excluding carboxylic acids is 2. The molecule has 0 unspecified atom stereocenters. The zero-order valence-corrected chi connectivity index (χ0v) is 17.6. The van der Waals surface area contributed by atoms with E-state index in [2.05, 4.69) is 19.1 Å². The van der Waals surface area contributed by atoms with Crippen LogP contribution in [0, 0.1) is 23.7 Å². The average molecular weight is 405 g/mol. The maximum absolute atomic E-state index is 13.6. The van der Waals surface area contributed by atoms with Crippen LogP contribution in [0.5, 0.6) is 0 Å². The molecule has 1 amide bonds. The number of esters is 1. The third-order valence-corrected chi connectivity index (χ3v) is 6.91. The van der Waals surface area contributed by atoms with Crippen molar-refractivity contribution >= 4 is 22.8 Å². The maximum Gasteiger partial charge on any atom is 0.309 e. The SMILES string of the molecule is CCOC(=O)[C@H]1[C@@H]2CN(C(=O)c3cc(C4CC4)nc4ccccc34)C[C@@H]2C=C[C@@H]1C. The molecule has 2 aliphatic carbocycles. The van der Waals surface area contributed by atoms with Crippen molar-refractivity contribution in [3.05, 3.63) is 53.7 Å². The van der Waals surface area contributed by atoms with Crippen molar-refractivity contribution < 1.29 is 14.3 Å². The van der Waals surface area contributed by atoms with Crippen LogP contribution < -0.4 is 0 Å². The Morgan fingerprint density at radius 2 is 1.97 bits per heavy atom. The first kappa shape index (κ1) is 19.3. The van der Waals surface area contributed by atoms with Gasteiger partial charge in [0, 0.05) is 30.1 Å². The molecule has 1 saturated heterocycles. The van der Waals surface area contributed by atoms with Gasteiger partial charge in [-0.3, -0.25) is 14.6 Å². The highest BCUT2D eigenvalue weighted by Crippen LogP contribution is 2.42. The summed E-state index contributed by atoms with van der Waals surface area (Å²) in [5.41, 5.74) is 2.66. The van der Waals surface area contributed by atoms with Gasteiger partial charge in [0.2, 0.25) is 0 Å². The molecule has 30 heavy (non-hydrogen) atoms. The molecule has 2 aromatic rings. The van der Waals surface area contributed by atoms with Gasteiger partial charge in [-0.05, 0) is 49.7 Å². The number of benzene rings is 1. The van der Waals surface area contributed by atoms with E-state index < -0.39 is 0 Å². The number of likely N-dealkylation sites (tertiary alicyclic amines) is 1. The number of para-hydroxylation sites is 1. The highest BCUT2D eigenvalue weighted by atomic mass is 16.5. The molecule has 4 atom stereocenters. The van der Waals surface area contributed by atoms with Gasteiger partial charge in [0.05, 0.1) is 23.6 Å². The standard InChI is InChI=1S/C25H28N2O3/c1-3-30-25(29)23-15(2)8-9-17-13-27(14-20(17)23)24(28)19-12-22(16-10-11-16)26-21-7-5-4-6-18(19)21/h4-9,12,15-17,20,23H,3,10-11,13-14H2,1-2H3/t15-,17-,20+,23+/m0/s1. The number of rotatable bonds is 4. The van der Waals surface area contributed by atoms with Gasteiger partial charge in [0.1, 0.15) is 0 Å². The Balaban J connectivity index is 1.46. The van der Waals surface area contributed by atoms with Crippen LogP contribution in [0.25, 0.3) is 10.9 Å².